The van der Waals surface area contributed by atoms with Crippen LogP contribution in [0.15, 0.2) is 24.4 Å². The van der Waals surface area contributed by atoms with E-state index in [2.05, 4.69) is 44.6 Å². The summed E-state index contributed by atoms with van der Waals surface area (Å²) in [5, 5.41) is 1.81. The molecule has 0 amide bonds. The first-order valence-electron chi connectivity index (χ1n) is 5.82. The number of aromatic nitrogens is 1. The number of pyridine rings is 1. The van der Waals surface area contributed by atoms with Crippen molar-refractivity contribution in [1.82, 2.24) is 4.98 Å². The molecule has 1 aromatic carbocycles. The van der Waals surface area contributed by atoms with Crippen LogP contribution in [0.25, 0.3) is 10.9 Å². The zero-order valence-corrected chi connectivity index (χ0v) is 12.6. The Bertz CT molecular complexity index is 584. The van der Waals surface area contributed by atoms with Crippen LogP contribution in [0.2, 0.25) is 5.02 Å². The maximum Gasteiger partial charge on any atom is 0.0719 e. The first kappa shape index (κ1) is 12.4. The summed E-state index contributed by atoms with van der Waals surface area (Å²) in [6.45, 7) is 3.44. The molecule has 0 saturated carbocycles. The van der Waals surface area contributed by atoms with E-state index in [1.165, 1.54) is 5.69 Å². The molecule has 2 heterocycles. The lowest BCUT2D eigenvalue weighted by atomic mass is 10.2. The van der Waals surface area contributed by atoms with E-state index in [4.69, 9.17) is 16.3 Å². The van der Waals surface area contributed by atoms with Gasteiger partial charge in [-0.2, -0.15) is 0 Å². The van der Waals surface area contributed by atoms with E-state index >= 15 is 0 Å². The maximum absolute atomic E-state index is 6.35. The Kier molecular flexibility index (Phi) is 3.59. The second-order valence-corrected chi connectivity index (χ2v) is 5.76. The highest BCUT2D eigenvalue weighted by Crippen LogP contribution is 2.30. The van der Waals surface area contributed by atoms with Crippen LogP contribution in [0.4, 0.5) is 5.69 Å². The van der Waals surface area contributed by atoms with Crippen LogP contribution < -0.4 is 4.90 Å². The normalized spacial score (nSPS) is 16.2. The summed E-state index contributed by atoms with van der Waals surface area (Å²) in [5.41, 5.74) is 2.13. The minimum Gasteiger partial charge on any atom is -0.378 e. The van der Waals surface area contributed by atoms with Gasteiger partial charge in [-0.3, -0.25) is 4.98 Å². The van der Waals surface area contributed by atoms with Crippen molar-refractivity contribution in [2.75, 3.05) is 31.2 Å². The number of morpholine rings is 1. The van der Waals surface area contributed by atoms with Crippen molar-refractivity contribution in [2.24, 2.45) is 0 Å². The molecule has 3 nitrogen and oxygen atoms in total. The molecule has 3 rings (SSSR count). The highest BCUT2D eigenvalue weighted by atomic mass is 127. The van der Waals surface area contributed by atoms with E-state index in [-0.39, 0.29) is 0 Å². The summed E-state index contributed by atoms with van der Waals surface area (Å²) in [6.07, 6.45) is 1.81. The topological polar surface area (TPSA) is 25.4 Å². The molecule has 94 valence electrons. The number of fused-ring (bicyclic) bond motifs is 1. The van der Waals surface area contributed by atoms with Crippen LogP contribution in [0.3, 0.4) is 0 Å². The summed E-state index contributed by atoms with van der Waals surface area (Å²) in [6, 6.07) is 6.25. The summed E-state index contributed by atoms with van der Waals surface area (Å²) in [4.78, 5) is 6.71. The molecule has 1 aromatic heterocycles. The predicted molar refractivity (Wildman–Crippen MR) is 82.5 cm³/mol. The van der Waals surface area contributed by atoms with Crippen LogP contribution in [-0.4, -0.2) is 31.3 Å². The van der Waals surface area contributed by atoms with Gasteiger partial charge in [-0.15, -0.1) is 0 Å². The van der Waals surface area contributed by atoms with Crippen molar-refractivity contribution in [3.63, 3.8) is 0 Å². The third-order valence-electron chi connectivity index (χ3n) is 3.12. The number of benzene rings is 1. The van der Waals surface area contributed by atoms with E-state index in [1.54, 1.807) is 6.20 Å². The molecule has 0 unspecified atom stereocenters. The number of halogens is 2. The smallest absolute Gasteiger partial charge is 0.0719 e. The Morgan fingerprint density at radius 3 is 2.83 bits per heavy atom. The first-order chi connectivity index (χ1) is 8.75. The maximum atomic E-state index is 6.35. The average Bonchev–Trinajstić information content (AvgIpc) is 2.44. The van der Waals surface area contributed by atoms with Gasteiger partial charge in [-0.1, -0.05) is 11.6 Å². The van der Waals surface area contributed by atoms with Crippen molar-refractivity contribution in [1.29, 1.82) is 0 Å². The van der Waals surface area contributed by atoms with Crippen LogP contribution in [0.5, 0.6) is 0 Å². The molecule has 18 heavy (non-hydrogen) atoms. The van der Waals surface area contributed by atoms with Gasteiger partial charge >= 0.3 is 0 Å². The fourth-order valence-electron chi connectivity index (χ4n) is 2.14. The van der Waals surface area contributed by atoms with Gasteiger partial charge in [0, 0.05) is 30.4 Å². The van der Waals surface area contributed by atoms with Gasteiger partial charge in [-0.05, 0) is 40.8 Å². The van der Waals surface area contributed by atoms with Crippen molar-refractivity contribution in [3.05, 3.63) is 33.0 Å². The summed E-state index contributed by atoms with van der Waals surface area (Å²) < 4.78 is 6.36. The molecule has 1 aliphatic heterocycles. The molecule has 5 heteroatoms. The molecule has 1 fully saturated rings. The standard InChI is InChI=1S/C13H12ClIN2O/c14-13-10-7-9(17-3-5-18-6-4-17)1-2-12(10)16-8-11(13)15/h1-2,7-8H,3-6H2. The fraction of sp³-hybridized carbons (Fsp3) is 0.308. The van der Waals surface area contributed by atoms with E-state index in [0.29, 0.717) is 0 Å². The second-order valence-electron chi connectivity index (χ2n) is 4.22. The van der Waals surface area contributed by atoms with Crippen LogP contribution in [-0.2, 0) is 4.74 Å². The Hall–Kier alpha value is -0.590. The van der Waals surface area contributed by atoms with Crippen molar-refractivity contribution >= 4 is 50.8 Å². The molecule has 0 spiro atoms. The Morgan fingerprint density at radius 1 is 1.28 bits per heavy atom. The number of hydrogen-bond donors (Lipinski definition) is 0. The van der Waals surface area contributed by atoms with Crippen molar-refractivity contribution in [2.45, 2.75) is 0 Å². The molecule has 0 atom stereocenters. The van der Waals surface area contributed by atoms with Gasteiger partial charge in [0.05, 0.1) is 27.3 Å². The lowest BCUT2D eigenvalue weighted by Crippen LogP contribution is -2.36. The first-order valence-corrected chi connectivity index (χ1v) is 7.28. The predicted octanol–water partition coefficient (Wildman–Crippen LogP) is 3.33. The molecule has 2 aromatic rings. The lowest BCUT2D eigenvalue weighted by Gasteiger charge is -2.29. The van der Waals surface area contributed by atoms with Crippen LogP contribution in [0.1, 0.15) is 0 Å². The highest BCUT2D eigenvalue weighted by molar-refractivity contribution is 14.1. The van der Waals surface area contributed by atoms with Gasteiger partial charge in [0.25, 0.3) is 0 Å². The average molecular weight is 375 g/mol. The third kappa shape index (κ3) is 2.29. The number of rotatable bonds is 1. The van der Waals surface area contributed by atoms with Gasteiger partial charge in [0.1, 0.15) is 0 Å². The molecule has 0 radical (unpaired) electrons. The van der Waals surface area contributed by atoms with Crippen LogP contribution in [0, 0.1) is 3.57 Å². The van der Waals surface area contributed by atoms with Gasteiger partial charge in [0.15, 0.2) is 0 Å². The van der Waals surface area contributed by atoms with E-state index in [1.807, 2.05) is 6.07 Å². The third-order valence-corrected chi connectivity index (χ3v) is 4.66. The SMILES string of the molecule is Clc1c(I)cnc2ccc(N3CCOCC3)cc12. The quantitative estimate of drug-likeness (QED) is 0.716. The molecule has 0 aliphatic carbocycles. The minimum absolute atomic E-state index is 0.788. The Labute approximate surface area is 124 Å². The Balaban J connectivity index is 2.06. The summed E-state index contributed by atoms with van der Waals surface area (Å²) in [5.74, 6) is 0. The van der Waals surface area contributed by atoms with Crippen LogP contribution >= 0.6 is 34.2 Å². The molecular weight excluding hydrogens is 363 g/mol. The van der Waals surface area contributed by atoms with Crippen molar-refractivity contribution in [3.8, 4) is 0 Å². The molecule has 0 N–H and O–H groups in total. The minimum atomic E-state index is 0.788. The molecule has 1 aliphatic rings. The van der Waals surface area contributed by atoms with E-state index < -0.39 is 0 Å². The second kappa shape index (κ2) is 5.19. The summed E-state index contributed by atoms with van der Waals surface area (Å²) in [7, 11) is 0. The van der Waals surface area contributed by atoms with E-state index in [9.17, 15) is 0 Å². The largest absolute Gasteiger partial charge is 0.378 e. The number of ether oxygens (including phenoxy) is 1. The Morgan fingerprint density at radius 2 is 2.06 bits per heavy atom. The monoisotopic (exact) mass is 374 g/mol. The molecular formula is C13H12ClIN2O. The van der Waals surface area contributed by atoms with Crippen molar-refractivity contribution < 1.29 is 4.74 Å². The zero-order valence-electron chi connectivity index (χ0n) is 9.70. The molecule has 0 bridgehead atoms. The number of anilines is 1. The van der Waals surface area contributed by atoms with E-state index in [0.717, 1.165) is 45.8 Å². The summed E-state index contributed by atoms with van der Waals surface area (Å²) >= 11 is 8.56. The fourth-order valence-corrected chi connectivity index (χ4v) is 2.77. The van der Waals surface area contributed by atoms with Gasteiger partial charge < -0.3 is 9.64 Å². The molecule has 1 saturated heterocycles. The number of hydrogen-bond acceptors (Lipinski definition) is 3. The highest BCUT2D eigenvalue weighted by Gasteiger charge is 2.13. The van der Waals surface area contributed by atoms with Gasteiger partial charge in [-0.25, -0.2) is 0 Å². The lowest BCUT2D eigenvalue weighted by molar-refractivity contribution is 0.122. The zero-order chi connectivity index (χ0) is 12.5. The number of nitrogens with zero attached hydrogens (tertiary/aromatic N) is 2. The van der Waals surface area contributed by atoms with Gasteiger partial charge in [0.2, 0.25) is 0 Å².